The number of nitro groups is 1. The summed E-state index contributed by atoms with van der Waals surface area (Å²) >= 11 is 1.44. The highest BCUT2D eigenvalue weighted by atomic mass is 32.2. The molecule has 0 saturated carbocycles. The Hall–Kier alpha value is -2.41. The van der Waals surface area contributed by atoms with Crippen molar-refractivity contribution in [3.05, 3.63) is 57.4 Å². The normalized spacial score (nSPS) is 13.1. The van der Waals surface area contributed by atoms with Crippen molar-refractivity contribution < 1.29 is 4.92 Å². The van der Waals surface area contributed by atoms with E-state index in [1.54, 1.807) is 13.8 Å². The van der Waals surface area contributed by atoms with Gasteiger partial charge in [-0.1, -0.05) is 23.9 Å². The van der Waals surface area contributed by atoms with Crippen molar-refractivity contribution in [3.63, 3.8) is 0 Å². The molecule has 0 saturated heterocycles. The Morgan fingerprint density at radius 3 is 2.86 bits per heavy atom. The predicted octanol–water partition coefficient (Wildman–Crippen LogP) is 3.81. The van der Waals surface area contributed by atoms with Crippen LogP contribution in [0.2, 0.25) is 0 Å². The summed E-state index contributed by atoms with van der Waals surface area (Å²) < 4.78 is 0. The van der Waals surface area contributed by atoms with Crippen LogP contribution in [0.5, 0.6) is 0 Å². The van der Waals surface area contributed by atoms with Gasteiger partial charge in [0.2, 0.25) is 0 Å². The quantitative estimate of drug-likeness (QED) is 0.289. The van der Waals surface area contributed by atoms with Crippen LogP contribution in [-0.4, -0.2) is 27.4 Å². The Labute approximate surface area is 132 Å². The molecule has 0 aliphatic heterocycles. The number of hydrogen-bond donors (Lipinski definition) is 1. The molecule has 0 radical (unpaired) electrons. The minimum absolute atomic E-state index is 0.0487. The van der Waals surface area contributed by atoms with Gasteiger partial charge in [-0.15, -0.1) is 0 Å². The molecule has 0 fully saturated rings. The smallest absolute Gasteiger partial charge is 0.269 e. The summed E-state index contributed by atoms with van der Waals surface area (Å²) in [5.41, 5.74) is 2.99. The Kier molecular flexibility index (Phi) is 5.11. The maximum absolute atomic E-state index is 11.0. The highest BCUT2D eigenvalue weighted by molar-refractivity contribution is 7.99. The van der Waals surface area contributed by atoms with Gasteiger partial charge in [0.1, 0.15) is 0 Å². The molecule has 1 aromatic carbocycles. The van der Waals surface area contributed by atoms with Crippen molar-refractivity contribution in [2.24, 2.45) is 4.99 Å². The first-order valence-corrected chi connectivity index (χ1v) is 7.60. The first kappa shape index (κ1) is 16.0. The number of nitrogens with zero attached hydrogens (tertiary/aromatic N) is 3. The van der Waals surface area contributed by atoms with Crippen LogP contribution < -0.4 is 0 Å². The number of aliphatic imine (C=N–C) groups is 1. The summed E-state index contributed by atoms with van der Waals surface area (Å²) in [5, 5.41) is 11.7. The van der Waals surface area contributed by atoms with Gasteiger partial charge in [0, 0.05) is 11.3 Å². The molecule has 0 aliphatic carbocycles. The lowest BCUT2D eigenvalue weighted by Crippen LogP contribution is -2.03. The van der Waals surface area contributed by atoms with E-state index in [1.807, 2.05) is 24.3 Å². The van der Waals surface area contributed by atoms with Crippen LogP contribution >= 0.6 is 11.8 Å². The van der Waals surface area contributed by atoms with Gasteiger partial charge in [-0.25, -0.2) is 4.98 Å². The number of H-pyrrole nitrogens is 1. The fraction of sp³-hybridized carbons (Fsp3) is 0.200. The minimum Gasteiger partial charge on any atom is -0.333 e. The number of thioether (sulfide) groups is 1. The van der Waals surface area contributed by atoms with E-state index in [2.05, 4.69) is 21.7 Å². The van der Waals surface area contributed by atoms with Crippen LogP contribution in [0.1, 0.15) is 13.8 Å². The van der Waals surface area contributed by atoms with Gasteiger partial charge in [0.05, 0.1) is 21.7 Å². The lowest BCUT2D eigenvalue weighted by Gasteiger charge is -2.04. The van der Waals surface area contributed by atoms with Crippen LogP contribution in [0.4, 0.5) is 0 Å². The van der Waals surface area contributed by atoms with Crippen molar-refractivity contribution in [1.82, 2.24) is 9.97 Å². The summed E-state index contributed by atoms with van der Waals surface area (Å²) in [4.78, 5) is 22.2. The van der Waals surface area contributed by atoms with E-state index in [0.29, 0.717) is 17.0 Å². The zero-order valence-electron chi connectivity index (χ0n) is 12.4. The van der Waals surface area contributed by atoms with Crippen LogP contribution in [0, 0.1) is 10.1 Å². The summed E-state index contributed by atoms with van der Waals surface area (Å²) in [7, 11) is 0. The molecular weight excluding hydrogens is 300 g/mol. The maximum atomic E-state index is 11.0. The molecule has 1 aromatic heterocycles. The highest BCUT2D eigenvalue weighted by Crippen LogP contribution is 2.25. The molecule has 0 atom stereocenters. The molecule has 2 aromatic rings. The number of allylic oxidation sites excluding steroid dienone is 2. The van der Waals surface area contributed by atoms with Crippen molar-refractivity contribution in [2.45, 2.75) is 19.0 Å². The van der Waals surface area contributed by atoms with E-state index >= 15 is 0 Å². The fourth-order valence-electron chi connectivity index (χ4n) is 2.01. The van der Waals surface area contributed by atoms with Crippen LogP contribution in [0.25, 0.3) is 11.0 Å². The number of nitrogens with one attached hydrogen (secondary N) is 1. The number of aromatic nitrogens is 2. The highest BCUT2D eigenvalue weighted by Gasteiger charge is 2.16. The van der Waals surface area contributed by atoms with E-state index in [9.17, 15) is 10.1 Å². The van der Waals surface area contributed by atoms with Crippen LogP contribution in [0.15, 0.2) is 57.5 Å². The summed E-state index contributed by atoms with van der Waals surface area (Å²) in [5.74, 6) is 0.459. The zero-order valence-corrected chi connectivity index (χ0v) is 13.2. The van der Waals surface area contributed by atoms with Crippen LogP contribution in [-0.2, 0) is 0 Å². The standard InChI is InChI=1S/C15H16N4O2S/c1-4-14(19(20)21)10(2)13(16-3)9-22-15-17-11-7-5-6-8-12(11)18-15/h4-8H,3,9H2,1-2H3,(H,17,18)/b13-10-,14-4+. The number of rotatable bonds is 6. The van der Waals surface area contributed by atoms with Crippen molar-refractivity contribution >= 4 is 29.5 Å². The molecule has 0 aliphatic rings. The van der Waals surface area contributed by atoms with Gasteiger partial charge in [0.25, 0.3) is 5.70 Å². The lowest BCUT2D eigenvalue weighted by atomic mass is 10.2. The summed E-state index contributed by atoms with van der Waals surface area (Å²) in [6.07, 6.45) is 1.46. The third kappa shape index (κ3) is 3.43. The van der Waals surface area contributed by atoms with Gasteiger partial charge >= 0.3 is 0 Å². The van der Waals surface area contributed by atoms with Crippen molar-refractivity contribution in [2.75, 3.05) is 5.75 Å². The monoisotopic (exact) mass is 316 g/mol. The lowest BCUT2D eigenvalue weighted by molar-refractivity contribution is -0.421. The molecule has 7 heteroatoms. The van der Waals surface area contributed by atoms with Crippen molar-refractivity contribution in [3.8, 4) is 0 Å². The van der Waals surface area contributed by atoms with Crippen molar-refractivity contribution in [1.29, 1.82) is 0 Å². The maximum Gasteiger partial charge on any atom is 0.269 e. The van der Waals surface area contributed by atoms with E-state index in [1.165, 1.54) is 17.8 Å². The fourth-order valence-corrected chi connectivity index (χ4v) is 2.94. The van der Waals surface area contributed by atoms with Gasteiger partial charge in [-0.3, -0.25) is 15.1 Å². The Bertz CT molecular complexity index is 744. The summed E-state index contributed by atoms with van der Waals surface area (Å²) in [6, 6.07) is 7.73. The summed E-state index contributed by atoms with van der Waals surface area (Å²) in [6.45, 7) is 6.83. The average molecular weight is 316 g/mol. The number of imidazole rings is 1. The third-order valence-electron chi connectivity index (χ3n) is 3.19. The topological polar surface area (TPSA) is 84.2 Å². The molecule has 22 heavy (non-hydrogen) atoms. The zero-order chi connectivity index (χ0) is 16.1. The number of fused-ring (bicyclic) bond motifs is 1. The molecule has 0 amide bonds. The Morgan fingerprint density at radius 2 is 2.27 bits per heavy atom. The number of para-hydroxylation sites is 2. The Balaban J connectivity index is 2.20. The van der Waals surface area contributed by atoms with E-state index < -0.39 is 4.92 Å². The number of aromatic amines is 1. The van der Waals surface area contributed by atoms with Gasteiger partial charge in [0.15, 0.2) is 5.16 Å². The minimum atomic E-state index is -0.410. The molecule has 1 N–H and O–H groups in total. The molecule has 1 heterocycles. The molecular formula is C15H16N4O2S. The van der Waals surface area contributed by atoms with Gasteiger partial charge in [-0.05, 0) is 38.8 Å². The van der Waals surface area contributed by atoms with Gasteiger partial charge in [-0.2, -0.15) is 0 Å². The largest absolute Gasteiger partial charge is 0.333 e. The molecule has 2 rings (SSSR count). The second-order valence-corrected chi connectivity index (χ2v) is 5.47. The first-order chi connectivity index (χ1) is 10.6. The molecule has 0 bridgehead atoms. The predicted molar refractivity (Wildman–Crippen MR) is 89.8 cm³/mol. The number of benzene rings is 1. The molecule has 6 nitrogen and oxygen atoms in total. The molecule has 0 unspecified atom stereocenters. The van der Waals surface area contributed by atoms with E-state index in [0.717, 1.165) is 16.2 Å². The van der Waals surface area contributed by atoms with E-state index in [-0.39, 0.29) is 5.70 Å². The molecule has 114 valence electrons. The second-order valence-electron chi connectivity index (χ2n) is 4.51. The Morgan fingerprint density at radius 1 is 1.55 bits per heavy atom. The number of hydrogen-bond acceptors (Lipinski definition) is 5. The second kappa shape index (κ2) is 7.04. The average Bonchev–Trinajstić information content (AvgIpc) is 2.91. The SMILES string of the molecule is C=N/C(CSc1nc2ccccc2[nH]1)=C(C)\C(=C/C)[N+](=O)[O-]. The third-order valence-corrected chi connectivity index (χ3v) is 4.08. The molecule has 0 spiro atoms. The van der Waals surface area contributed by atoms with E-state index in [4.69, 9.17) is 0 Å². The first-order valence-electron chi connectivity index (χ1n) is 6.62. The van der Waals surface area contributed by atoms with Gasteiger partial charge < -0.3 is 4.98 Å². The van der Waals surface area contributed by atoms with Crippen LogP contribution in [0.3, 0.4) is 0 Å².